The summed E-state index contributed by atoms with van der Waals surface area (Å²) in [6, 6.07) is 13.4. The molecule has 0 aliphatic carbocycles. The highest BCUT2D eigenvalue weighted by atomic mass is 19.1. The van der Waals surface area contributed by atoms with Gasteiger partial charge in [0, 0.05) is 12.1 Å². The van der Waals surface area contributed by atoms with Crippen LogP contribution in [0.5, 0.6) is 0 Å². The number of hydrogen-bond donors (Lipinski definition) is 1. The molecule has 0 fully saturated rings. The number of benzene rings is 2. The van der Waals surface area contributed by atoms with Crippen LogP contribution in [0.15, 0.2) is 42.5 Å². The third-order valence-corrected chi connectivity index (χ3v) is 2.87. The fourth-order valence-corrected chi connectivity index (χ4v) is 1.96. The Kier molecular flexibility index (Phi) is 3.55. The van der Waals surface area contributed by atoms with Crippen molar-refractivity contribution >= 4 is 0 Å². The Balaban J connectivity index is 2.46. The Morgan fingerprint density at radius 1 is 1.12 bits per heavy atom. The monoisotopic (exact) mass is 229 g/mol. The first kappa shape index (κ1) is 11.8. The van der Waals surface area contributed by atoms with Gasteiger partial charge in [-0.15, -0.1) is 0 Å². The van der Waals surface area contributed by atoms with Crippen molar-refractivity contribution in [2.75, 3.05) is 7.05 Å². The highest BCUT2D eigenvalue weighted by molar-refractivity contribution is 5.67. The van der Waals surface area contributed by atoms with Gasteiger partial charge >= 0.3 is 0 Å². The second kappa shape index (κ2) is 5.11. The smallest absolute Gasteiger partial charge is 0.127 e. The van der Waals surface area contributed by atoms with Gasteiger partial charge in [0.1, 0.15) is 5.82 Å². The van der Waals surface area contributed by atoms with Crippen LogP contribution in [0.4, 0.5) is 4.39 Å². The molecule has 2 aromatic carbocycles. The zero-order valence-electron chi connectivity index (χ0n) is 10.1. The first-order valence-electron chi connectivity index (χ1n) is 5.71. The standard InChI is InChI=1S/C15H16FN/c1-11-5-3-4-6-14(11)12-7-8-15(16)13(9-12)10-17-2/h3-9,17H,10H2,1-2H3. The fourth-order valence-electron chi connectivity index (χ4n) is 1.96. The van der Waals surface area contributed by atoms with Crippen LogP contribution >= 0.6 is 0 Å². The molecule has 2 rings (SSSR count). The van der Waals surface area contributed by atoms with Crippen molar-refractivity contribution in [1.82, 2.24) is 5.32 Å². The third-order valence-electron chi connectivity index (χ3n) is 2.87. The van der Waals surface area contributed by atoms with Crippen LogP contribution in [0.25, 0.3) is 11.1 Å². The van der Waals surface area contributed by atoms with Crippen LogP contribution in [-0.4, -0.2) is 7.05 Å². The van der Waals surface area contributed by atoms with Gasteiger partial charge in [0.15, 0.2) is 0 Å². The SMILES string of the molecule is CNCc1cc(-c2ccccc2C)ccc1F. The first-order valence-corrected chi connectivity index (χ1v) is 5.71. The van der Waals surface area contributed by atoms with E-state index in [1.807, 2.05) is 31.3 Å². The highest BCUT2D eigenvalue weighted by Crippen LogP contribution is 2.25. The van der Waals surface area contributed by atoms with Gasteiger partial charge in [-0.25, -0.2) is 4.39 Å². The molecule has 1 N–H and O–H groups in total. The molecule has 0 atom stereocenters. The molecule has 0 unspecified atom stereocenters. The van der Waals surface area contributed by atoms with E-state index in [1.165, 1.54) is 11.6 Å². The summed E-state index contributed by atoms with van der Waals surface area (Å²) >= 11 is 0. The largest absolute Gasteiger partial charge is 0.316 e. The molecule has 0 aliphatic rings. The molecule has 1 nitrogen and oxygen atoms in total. The predicted molar refractivity (Wildman–Crippen MR) is 69.3 cm³/mol. The minimum absolute atomic E-state index is 0.156. The molecule has 0 heterocycles. The number of rotatable bonds is 3. The summed E-state index contributed by atoms with van der Waals surface area (Å²) in [6.07, 6.45) is 0. The van der Waals surface area contributed by atoms with Gasteiger partial charge < -0.3 is 5.32 Å². The normalized spacial score (nSPS) is 10.5. The maximum Gasteiger partial charge on any atom is 0.127 e. The second-order valence-corrected chi connectivity index (χ2v) is 4.15. The summed E-state index contributed by atoms with van der Waals surface area (Å²) in [4.78, 5) is 0. The molecular formula is C15H16FN. The summed E-state index contributed by atoms with van der Waals surface area (Å²) in [5.74, 6) is -0.156. The Morgan fingerprint density at radius 3 is 2.59 bits per heavy atom. The van der Waals surface area contributed by atoms with E-state index in [1.54, 1.807) is 0 Å². The minimum atomic E-state index is -0.156. The van der Waals surface area contributed by atoms with Crippen molar-refractivity contribution in [1.29, 1.82) is 0 Å². The van der Waals surface area contributed by atoms with Gasteiger partial charge in [0.2, 0.25) is 0 Å². The van der Waals surface area contributed by atoms with Gasteiger partial charge in [-0.05, 0) is 42.8 Å². The lowest BCUT2D eigenvalue weighted by atomic mass is 9.99. The lowest BCUT2D eigenvalue weighted by Crippen LogP contribution is -2.07. The number of halogens is 1. The summed E-state index contributed by atoms with van der Waals surface area (Å²) in [6.45, 7) is 2.61. The molecule has 0 amide bonds. The predicted octanol–water partition coefficient (Wildman–Crippen LogP) is 3.52. The van der Waals surface area contributed by atoms with E-state index < -0.39 is 0 Å². The third kappa shape index (κ3) is 2.53. The lowest BCUT2D eigenvalue weighted by molar-refractivity contribution is 0.601. The molecule has 88 valence electrons. The average Bonchev–Trinajstić information content (AvgIpc) is 2.33. The Hall–Kier alpha value is -1.67. The maximum absolute atomic E-state index is 13.5. The van der Waals surface area contributed by atoms with Gasteiger partial charge in [0.25, 0.3) is 0 Å². The number of nitrogens with one attached hydrogen (secondary N) is 1. The molecule has 0 bridgehead atoms. The Labute approximate surface area is 101 Å². The summed E-state index contributed by atoms with van der Waals surface area (Å²) < 4.78 is 13.5. The van der Waals surface area contributed by atoms with E-state index in [0.717, 1.165) is 11.1 Å². The van der Waals surface area contributed by atoms with E-state index in [4.69, 9.17) is 0 Å². The van der Waals surface area contributed by atoms with Crippen molar-refractivity contribution in [2.45, 2.75) is 13.5 Å². The molecule has 0 saturated heterocycles. The van der Waals surface area contributed by atoms with Crippen LogP contribution in [0.2, 0.25) is 0 Å². The van der Waals surface area contributed by atoms with Crippen LogP contribution in [0.1, 0.15) is 11.1 Å². The van der Waals surface area contributed by atoms with Crippen molar-refractivity contribution in [3.8, 4) is 11.1 Å². The van der Waals surface area contributed by atoms with Crippen LogP contribution in [0, 0.1) is 12.7 Å². The second-order valence-electron chi connectivity index (χ2n) is 4.15. The van der Waals surface area contributed by atoms with Gasteiger partial charge in [-0.3, -0.25) is 0 Å². The molecular weight excluding hydrogens is 213 g/mol. The highest BCUT2D eigenvalue weighted by Gasteiger charge is 2.05. The van der Waals surface area contributed by atoms with E-state index in [2.05, 4.69) is 24.4 Å². The van der Waals surface area contributed by atoms with Crippen molar-refractivity contribution in [3.05, 3.63) is 59.4 Å². The zero-order valence-corrected chi connectivity index (χ0v) is 10.1. The quantitative estimate of drug-likeness (QED) is 0.849. The molecule has 17 heavy (non-hydrogen) atoms. The van der Waals surface area contributed by atoms with E-state index in [0.29, 0.717) is 12.1 Å². The van der Waals surface area contributed by atoms with Crippen molar-refractivity contribution < 1.29 is 4.39 Å². The van der Waals surface area contributed by atoms with E-state index in [-0.39, 0.29) is 5.82 Å². The molecule has 0 radical (unpaired) electrons. The molecule has 0 aromatic heterocycles. The summed E-state index contributed by atoms with van der Waals surface area (Å²) in [5.41, 5.74) is 4.13. The molecule has 0 aliphatic heterocycles. The molecule has 2 aromatic rings. The summed E-state index contributed by atoms with van der Waals surface area (Å²) in [7, 11) is 1.82. The van der Waals surface area contributed by atoms with E-state index >= 15 is 0 Å². The van der Waals surface area contributed by atoms with Crippen LogP contribution in [-0.2, 0) is 6.54 Å². The topological polar surface area (TPSA) is 12.0 Å². The Bertz CT molecular complexity index is 520. The lowest BCUT2D eigenvalue weighted by Gasteiger charge is -2.09. The summed E-state index contributed by atoms with van der Waals surface area (Å²) in [5, 5.41) is 2.98. The van der Waals surface area contributed by atoms with E-state index in [9.17, 15) is 4.39 Å². The molecule has 0 saturated carbocycles. The van der Waals surface area contributed by atoms with Crippen LogP contribution in [0.3, 0.4) is 0 Å². The van der Waals surface area contributed by atoms with Crippen molar-refractivity contribution in [3.63, 3.8) is 0 Å². The Morgan fingerprint density at radius 2 is 1.88 bits per heavy atom. The molecule has 0 spiro atoms. The minimum Gasteiger partial charge on any atom is -0.316 e. The average molecular weight is 229 g/mol. The van der Waals surface area contributed by atoms with Gasteiger partial charge in [-0.1, -0.05) is 30.3 Å². The zero-order chi connectivity index (χ0) is 12.3. The van der Waals surface area contributed by atoms with Gasteiger partial charge in [-0.2, -0.15) is 0 Å². The van der Waals surface area contributed by atoms with Crippen molar-refractivity contribution in [2.24, 2.45) is 0 Å². The van der Waals surface area contributed by atoms with Crippen LogP contribution < -0.4 is 5.32 Å². The first-order chi connectivity index (χ1) is 8.22. The number of aryl methyl sites for hydroxylation is 1. The molecule has 2 heteroatoms. The fraction of sp³-hybridized carbons (Fsp3) is 0.200. The van der Waals surface area contributed by atoms with Gasteiger partial charge in [0.05, 0.1) is 0 Å². The number of hydrogen-bond acceptors (Lipinski definition) is 1. The maximum atomic E-state index is 13.5.